The number of fused-ring (bicyclic) bond motifs is 1. The highest BCUT2D eigenvalue weighted by molar-refractivity contribution is 5.83. The number of hydrogen-bond acceptors (Lipinski definition) is 3. The third-order valence-electron chi connectivity index (χ3n) is 6.32. The third kappa shape index (κ3) is 3.18. The normalized spacial score (nSPS) is 36.3. The highest BCUT2D eigenvalue weighted by Gasteiger charge is 2.49. The minimum absolute atomic E-state index is 0.0926. The predicted molar refractivity (Wildman–Crippen MR) is 89.7 cm³/mol. The van der Waals surface area contributed by atoms with Gasteiger partial charge in [0.1, 0.15) is 0 Å². The summed E-state index contributed by atoms with van der Waals surface area (Å²) in [5, 5.41) is 6.82. The van der Waals surface area contributed by atoms with Gasteiger partial charge in [-0.3, -0.25) is 4.79 Å². The fourth-order valence-electron chi connectivity index (χ4n) is 4.84. The van der Waals surface area contributed by atoms with Crippen LogP contribution in [0.5, 0.6) is 0 Å². The maximum absolute atomic E-state index is 12.9. The molecule has 0 aromatic carbocycles. The molecule has 3 rings (SSSR count). The van der Waals surface area contributed by atoms with Crippen LogP contribution in [0.1, 0.15) is 52.4 Å². The lowest BCUT2D eigenvalue weighted by molar-refractivity contribution is -0.134. The van der Waals surface area contributed by atoms with Gasteiger partial charge in [-0.15, -0.1) is 0 Å². The predicted octanol–water partition coefficient (Wildman–Crippen LogP) is 2.00. The SMILES string of the molecule is CC(C)N1CCCC(CNC(=O)[C@@]23CCCC[C@H]2CNC3)C1. The van der Waals surface area contributed by atoms with Crippen LogP contribution in [0.25, 0.3) is 0 Å². The van der Waals surface area contributed by atoms with Gasteiger partial charge in [0.05, 0.1) is 5.41 Å². The number of carbonyl (C=O) groups is 1. The summed E-state index contributed by atoms with van der Waals surface area (Å²) in [7, 11) is 0. The molecule has 1 amide bonds. The molecule has 3 aliphatic rings. The van der Waals surface area contributed by atoms with Crippen molar-refractivity contribution in [1.82, 2.24) is 15.5 Å². The number of rotatable bonds is 4. The quantitative estimate of drug-likeness (QED) is 0.835. The van der Waals surface area contributed by atoms with Crippen molar-refractivity contribution in [3.05, 3.63) is 0 Å². The molecule has 0 aromatic rings. The van der Waals surface area contributed by atoms with E-state index < -0.39 is 0 Å². The van der Waals surface area contributed by atoms with Gasteiger partial charge >= 0.3 is 0 Å². The molecule has 0 aromatic heterocycles. The first-order chi connectivity index (χ1) is 10.6. The molecule has 2 aliphatic heterocycles. The van der Waals surface area contributed by atoms with Crippen LogP contribution in [0.4, 0.5) is 0 Å². The van der Waals surface area contributed by atoms with Gasteiger partial charge in [-0.05, 0) is 64.5 Å². The Hall–Kier alpha value is -0.610. The smallest absolute Gasteiger partial charge is 0.227 e. The van der Waals surface area contributed by atoms with Crippen LogP contribution < -0.4 is 10.6 Å². The molecule has 2 N–H and O–H groups in total. The number of nitrogens with one attached hydrogen (secondary N) is 2. The lowest BCUT2D eigenvalue weighted by Gasteiger charge is -2.39. The second-order valence-corrected chi connectivity index (χ2v) is 8.04. The number of nitrogens with zero attached hydrogens (tertiary/aromatic N) is 1. The number of amides is 1. The monoisotopic (exact) mass is 307 g/mol. The molecule has 22 heavy (non-hydrogen) atoms. The average Bonchev–Trinajstić information content (AvgIpc) is 2.98. The molecule has 126 valence electrons. The van der Waals surface area contributed by atoms with Crippen molar-refractivity contribution in [2.45, 2.75) is 58.4 Å². The molecule has 2 heterocycles. The van der Waals surface area contributed by atoms with Crippen molar-refractivity contribution in [3.63, 3.8) is 0 Å². The van der Waals surface area contributed by atoms with E-state index in [1.165, 1.54) is 38.6 Å². The molecule has 3 fully saturated rings. The zero-order valence-electron chi connectivity index (χ0n) is 14.4. The summed E-state index contributed by atoms with van der Waals surface area (Å²) >= 11 is 0. The van der Waals surface area contributed by atoms with Gasteiger partial charge in [-0.25, -0.2) is 0 Å². The Morgan fingerprint density at radius 3 is 3.00 bits per heavy atom. The van der Waals surface area contributed by atoms with Crippen LogP contribution in [0.2, 0.25) is 0 Å². The average molecular weight is 307 g/mol. The van der Waals surface area contributed by atoms with Gasteiger partial charge in [0.2, 0.25) is 5.91 Å². The first-order valence-corrected chi connectivity index (χ1v) is 9.35. The Morgan fingerprint density at radius 1 is 1.32 bits per heavy atom. The van der Waals surface area contributed by atoms with E-state index in [-0.39, 0.29) is 5.41 Å². The molecule has 1 aliphatic carbocycles. The van der Waals surface area contributed by atoms with Gasteiger partial charge in [0.15, 0.2) is 0 Å². The molecular weight excluding hydrogens is 274 g/mol. The summed E-state index contributed by atoms with van der Waals surface area (Å²) in [5.74, 6) is 1.54. The van der Waals surface area contributed by atoms with Crippen molar-refractivity contribution in [1.29, 1.82) is 0 Å². The minimum Gasteiger partial charge on any atom is -0.355 e. The van der Waals surface area contributed by atoms with E-state index in [4.69, 9.17) is 0 Å². The van der Waals surface area contributed by atoms with E-state index in [1.54, 1.807) is 0 Å². The summed E-state index contributed by atoms with van der Waals surface area (Å²) < 4.78 is 0. The highest BCUT2D eigenvalue weighted by atomic mass is 16.2. The van der Waals surface area contributed by atoms with E-state index in [0.29, 0.717) is 23.8 Å². The van der Waals surface area contributed by atoms with Crippen molar-refractivity contribution in [3.8, 4) is 0 Å². The van der Waals surface area contributed by atoms with Crippen LogP contribution in [0, 0.1) is 17.3 Å². The molecule has 3 atom stereocenters. The zero-order valence-corrected chi connectivity index (χ0v) is 14.4. The second-order valence-electron chi connectivity index (χ2n) is 8.04. The van der Waals surface area contributed by atoms with Crippen LogP contribution in [0.15, 0.2) is 0 Å². The number of carbonyl (C=O) groups excluding carboxylic acids is 1. The van der Waals surface area contributed by atoms with Gasteiger partial charge in [0.25, 0.3) is 0 Å². The van der Waals surface area contributed by atoms with Crippen molar-refractivity contribution in [2.24, 2.45) is 17.3 Å². The molecule has 0 spiro atoms. The Bertz CT molecular complexity index is 398. The van der Waals surface area contributed by atoms with Gasteiger partial charge in [-0.2, -0.15) is 0 Å². The van der Waals surface area contributed by atoms with E-state index >= 15 is 0 Å². The van der Waals surface area contributed by atoms with E-state index in [9.17, 15) is 4.79 Å². The first-order valence-electron chi connectivity index (χ1n) is 9.35. The molecular formula is C18H33N3O. The summed E-state index contributed by atoms with van der Waals surface area (Å²) in [6.45, 7) is 9.72. The lowest BCUT2D eigenvalue weighted by atomic mass is 9.67. The Kier molecular flexibility index (Phi) is 5.08. The number of likely N-dealkylation sites (tertiary alicyclic amines) is 1. The summed E-state index contributed by atoms with van der Waals surface area (Å²) in [5.41, 5.74) is -0.0926. The molecule has 0 bridgehead atoms. The standard InChI is InChI=1S/C18H33N3O/c1-14(2)21-9-5-6-15(12-21)10-20-17(22)18-8-4-3-7-16(18)11-19-13-18/h14-16,19H,3-13H2,1-2H3,(H,20,22)/t15?,16-,18+/m0/s1. The summed E-state index contributed by atoms with van der Waals surface area (Å²) in [4.78, 5) is 15.4. The molecule has 4 heteroatoms. The number of hydrogen-bond donors (Lipinski definition) is 2. The maximum atomic E-state index is 12.9. The summed E-state index contributed by atoms with van der Waals surface area (Å²) in [6, 6.07) is 0.624. The highest BCUT2D eigenvalue weighted by Crippen LogP contribution is 2.43. The van der Waals surface area contributed by atoms with Crippen molar-refractivity contribution >= 4 is 5.91 Å². The molecule has 1 saturated carbocycles. The molecule has 4 nitrogen and oxygen atoms in total. The zero-order chi connectivity index (χ0) is 15.6. The molecule has 2 saturated heterocycles. The first kappa shape index (κ1) is 16.3. The van der Waals surface area contributed by atoms with E-state index in [2.05, 4.69) is 29.4 Å². The van der Waals surface area contributed by atoms with E-state index in [0.717, 1.165) is 32.6 Å². The largest absolute Gasteiger partial charge is 0.355 e. The van der Waals surface area contributed by atoms with Gasteiger partial charge in [-0.1, -0.05) is 12.8 Å². The topological polar surface area (TPSA) is 44.4 Å². The molecule has 1 unspecified atom stereocenters. The third-order valence-corrected chi connectivity index (χ3v) is 6.32. The minimum atomic E-state index is -0.0926. The van der Waals surface area contributed by atoms with Crippen LogP contribution in [-0.2, 0) is 4.79 Å². The Morgan fingerprint density at radius 2 is 2.18 bits per heavy atom. The lowest BCUT2D eigenvalue weighted by Crippen LogP contribution is -2.50. The maximum Gasteiger partial charge on any atom is 0.227 e. The van der Waals surface area contributed by atoms with Gasteiger partial charge < -0.3 is 15.5 Å². The molecule has 0 radical (unpaired) electrons. The van der Waals surface area contributed by atoms with Crippen LogP contribution in [0.3, 0.4) is 0 Å². The fraction of sp³-hybridized carbons (Fsp3) is 0.944. The van der Waals surface area contributed by atoms with E-state index in [1.807, 2.05) is 0 Å². The number of piperidine rings is 1. The fourth-order valence-corrected chi connectivity index (χ4v) is 4.84. The van der Waals surface area contributed by atoms with Crippen LogP contribution >= 0.6 is 0 Å². The Balaban J connectivity index is 1.53. The Labute approximate surface area is 135 Å². The van der Waals surface area contributed by atoms with Gasteiger partial charge in [0, 0.05) is 25.7 Å². The summed E-state index contributed by atoms with van der Waals surface area (Å²) in [6.07, 6.45) is 7.36. The second kappa shape index (κ2) is 6.88. The van der Waals surface area contributed by atoms with Crippen LogP contribution in [-0.4, -0.2) is 49.6 Å². The van der Waals surface area contributed by atoms with Crippen molar-refractivity contribution in [2.75, 3.05) is 32.7 Å². The van der Waals surface area contributed by atoms with Crippen molar-refractivity contribution < 1.29 is 4.79 Å².